The van der Waals surface area contributed by atoms with Crippen LogP contribution < -0.4 is 10.3 Å². The number of nitrogens with zero attached hydrogens (tertiary/aromatic N) is 5. The first-order valence-corrected chi connectivity index (χ1v) is 11.1. The monoisotopic (exact) mass is 461 g/mol. The van der Waals surface area contributed by atoms with E-state index in [-0.39, 0.29) is 11.3 Å². The van der Waals surface area contributed by atoms with Crippen LogP contribution in [-0.2, 0) is 12.3 Å². The van der Waals surface area contributed by atoms with E-state index in [2.05, 4.69) is 21.8 Å². The van der Waals surface area contributed by atoms with Gasteiger partial charge >= 0.3 is 0 Å². The first-order valence-electron chi connectivity index (χ1n) is 9.20. The van der Waals surface area contributed by atoms with Crippen molar-refractivity contribution in [1.82, 2.24) is 24.1 Å². The Kier molecular flexibility index (Phi) is 6.14. The largest absolute Gasteiger partial charge is 0.480 e. The molecule has 0 saturated carbocycles. The molecule has 0 aliphatic heterocycles. The lowest BCUT2D eigenvalue weighted by Gasteiger charge is -2.16. The van der Waals surface area contributed by atoms with Crippen LogP contribution in [0, 0.1) is 11.6 Å². The maximum Gasteiger partial charge on any atom is 0.258 e. The zero-order valence-corrected chi connectivity index (χ0v) is 18.0. The summed E-state index contributed by atoms with van der Waals surface area (Å²) in [6.07, 6.45) is 2.72. The average molecular weight is 462 g/mol. The number of rotatable bonds is 8. The third-order valence-corrected chi connectivity index (χ3v) is 6.08. The van der Waals surface area contributed by atoms with Crippen LogP contribution in [0.5, 0.6) is 5.75 Å². The van der Waals surface area contributed by atoms with Crippen LogP contribution in [0.3, 0.4) is 0 Å². The second-order valence-electron chi connectivity index (χ2n) is 6.50. The molecule has 0 fully saturated rings. The predicted molar refractivity (Wildman–Crippen MR) is 115 cm³/mol. The fraction of sp³-hybridized carbons (Fsp3) is 0.200. The summed E-state index contributed by atoms with van der Waals surface area (Å²) < 4.78 is 36.0. The van der Waals surface area contributed by atoms with Crippen LogP contribution in [0.4, 0.5) is 8.78 Å². The van der Waals surface area contributed by atoms with Crippen LogP contribution in [0.1, 0.15) is 24.5 Å². The van der Waals surface area contributed by atoms with Gasteiger partial charge in [-0.3, -0.25) is 13.8 Å². The van der Waals surface area contributed by atoms with E-state index in [1.54, 1.807) is 29.1 Å². The Morgan fingerprint density at radius 2 is 2.16 bits per heavy atom. The van der Waals surface area contributed by atoms with Crippen LogP contribution in [0.2, 0.25) is 0 Å². The maximum atomic E-state index is 13.9. The van der Waals surface area contributed by atoms with Crippen molar-refractivity contribution in [3.63, 3.8) is 0 Å². The van der Waals surface area contributed by atoms with Crippen molar-refractivity contribution in [2.24, 2.45) is 0 Å². The predicted octanol–water partition coefficient (Wildman–Crippen LogP) is 4.24. The zero-order chi connectivity index (χ0) is 22.0. The van der Waals surface area contributed by atoms with E-state index >= 15 is 0 Å². The Balaban J connectivity index is 1.54. The van der Waals surface area contributed by atoms with Gasteiger partial charge in [-0.15, -0.1) is 28.1 Å². The number of thiazole rings is 1. The Bertz CT molecular complexity index is 1300. The second-order valence-corrected chi connectivity index (χ2v) is 8.32. The van der Waals surface area contributed by atoms with Crippen molar-refractivity contribution in [1.29, 1.82) is 0 Å². The quantitative estimate of drug-likeness (QED) is 0.289. The first kappa shape index (κ1) is 21.2. The summed E-state index contributed by atoms with van der Waals surface area (Å²) in [6.45, 7) is 5.87. The molecule has 11 heteroatoms. The number of hydrogen-bond acceptors (Lipinski definition) is 7. The van der Waals surface area contributed by atoms with Crippen molar-refractivity contribution in [3.8, 4) is 5.75 Å². The van der Waals surface area contributed by atoms with Crippen LogP contribution in [0.15, 0.2) is 58.4 Å². The molecule has 0 bridgehead atoms. The molecule has 0 aliphatic rings. The van der Waals surface area contributed by atoms with Crippen LogP contribution in [0.25, 0.3) is 4.96 Å². The molecular weight excluding hydrogens is 444 g/mol. The summed E-state index contributed by atoms with van der Waals surface area (Å²) in [5.74, 6) is -0.670. The van der Waals surface area contributed by atoms with Gasteiger partial charge in [0.25, 0.3) is 5.56 Å². The van der Waals surface area contributed by atoms with Gasteiger partial charge in [0.2, 0.25) is 0 Å². The topological polar surface area (TPSA) is 74.3 Å². The van der Waals surface area contributed by atoms with Gasteiger partial charge in [-0.25, -0.2) is 13.8 Å². The molecule has 160 valence electrons. The third-order valence-electron chi connectivity index (χ3n) is 4.32. The molecular formula is C20H17F2N5O2S2. The summed E-state index contributed by atoms with van der Waals surface area (Å²) in [6, 6.07) is 4.61. The molecule has 1 unspecified atom stereocenters. The lowest BCUT2D eigenvalue weighted by Crippen LogP contribution is -2.13. The Hall–Kier alpha value is -3.05. The Labute approximate surface area is 184 Å². The maximum absolute atomic E-state index is 13.9. The van der Waals surface area contributed by atoms with E-state index in [1.165, 1.54) is 39.6 Å². The SMILES string of the molecule is C=CCn1c(SCc2cc(=O)n3ccsc3n2)nnc1C(C)Oc1ccc(F)cc1F. The molecule has 0 amide bonds. The van der Waals surface area contributed by atoms with Gasteiger partial charge in [-0.05, 0) is 19.1 Å². The highest BCUT2D eigenvalue weighted by molar-refractivity contribution is 7.98. The molecule has 1 atom stereocenters. The smallest absolute Gasteiger partial charge is 0.258 e. The summed E-state index contributed by atoms with van der Waals surface area (Å²) in [4.78, 5) is 17.3. The minimum Gasteiger partial charge on any atom is -0.480 e. The number of hydrogen-bond donors (Lipinski definition) is 0. The van der Waals surface area contributed by atoms with E-state index < -0.39 is 17.7 Å². The normalized spacial score (nSPS) is 12.2. The molecule has 7 nitrogen and oxygen atoms in total. The van der Waals surface area contributed by atoms with Gasteiger partial charge in [0.1, 0.15) is 5.82 Å². The van der Waals surface area contributed by atoms with Gasteiger partial charge < -0.3 is 4.74 Å². The van der Waals surface area contributed by atoms with Crippen LogP contribution >= 0.6 is 23.1 Å². The van der Waals surface area contributed by atoms with Crippen LogP contribution in [-0.4, -0.2) is 24.1 Å². The highest BCUT2D eigenvalue weighted by Crippen LogP contribution is 2.28. The molecule has 0 saturated heterocycles. The van der Waals surface area contributed by atoms with Gasteiger partial charge in [0, 0.05) is 36.0 Å². The first-order chi connectivity index (χ1) is 15.0. The summed E-state index contributed by atoms with van der Waals surface area (Å²) in [5, 5.41) is 10.8. The van der Waals surface area contributed by atoms with Crippen molar-refractivity contribution in [2.75, 3.05) is 0 Å². The third kappa shape index (κ3) is 4.52. The van der Waals surface area contributed by atoms with E-state index in [0.29, 0.717) is 33.9 Å². The van der Waals surface area contributed by atoms with Crippen molar-refractivity contribution in [2.45, 2.75) is 30.5 Å². The van der Waals surface area contributed by atoms with Crippen molar-refractivity contribution < 1.29 is 13.5 Å². The number of allylic oxidation sites excluding steroid dienone is 1. The van der Waals surface area contributed by atoms with E-state index in [0.717, 1.165) is 12.1 Å². The van der Waals surface area contributed by atoms with Gasteiger partial charge in [-0.2, -0.15) is 0 Å². The lowest BCUT2D eigenvalue weighted by atomic mass is 10.3. The minimum atomic E-state index is -0.794. The molecule has 4 aromatic rings. The fourth-order valence-corrected chi connectivity index (χ4v) is 4.51. The summed E-state index contributed by atoms with van der Waals surface area (Å²) in [7, 11) is 0. The van der Waals surface area contributed by atoms with E-state index in [1.807, 2.05) is 0 Å². The lowest BCUT2D eigenvalue weighted by molar-refractivity contribution is 0.200. The number of thioether (sulfide) groups is 1. The Morgan fingerprint density at radius 1 is 1.32 bits per heavy atom. The molecule has 3 heterocycles. The number of aromatic nitrogens is 5. The number of ether oxygens (including phenoxy) is 1. The van der Waals surface area contributed by atoms with Gasteiger partial charge in [0.05, 0.1) is 5.69 Å². The van der Waals surface area contributed by atoms with E-state index in [9.17, 15) is 13.6 Å². The van der Waals surface area contributed by atoms with Gasteiger partial charge in [0.15, 0.2) is 33.6 Å². The molecule has 31 heavy (non-hydrogen) atoms. The molecule has 0 aliphatic carbocycles. The van der Waals surface area contributed by atoms with E-state index in [4.69, 9.17) is 4.74 Å². The number of halogens is 2. The summed E-state index contributed by atoms with van der Waals surface area (Å²) >= 11 is 2.75. The van der Waals surface area contributed by atoms with Gasteiger partial charge in [-0.1, -0.05) is 17.8 Å². The fourth-order valence-electron chi connectivity index (χ4n) is 2.92. The molecule has 0 N–H and O–H groups in total. The second kappa shape index (κ2) is 8.98. The molecule has 3 aromatic heterocycles. The minimum absolute atomic E-state index is 0.0785. The average Bonchev–Trinajstić information content (AvgIpc) is 3.36. The summed E-state index contributed by atoms with van der Waals surface area (Å²) in [5.41, 5.74) is 0.489. The molecule has 0 spiro atoms. The number of benzene rings is 1. The molecule has 0 radical (unpaired) electrons. The Morgan fingerprint density at radius 3 is 2.94 bits per heavy atom. The number of fused-ring (bicyclic) bond motifs is 1. The van der Waals surface area contributed by atoms with Crippen molar-refractivity contribution >= 4 is 28.1 Å². The highest BCUT2D eigenvalue weighted by Gasteiger charge is 2.20. The zero-order valence-electron chi connectivity index (χ0n) is 16.4. The molecule has 4 rings (SSSR count). The standard InChI is InChI=1S/C20H17F2N5O2S2/c1-3-6-27-18(12(2)29-16-5-4-13(21)9-15(16)22)24-25-20(27)31-11-14-10-17(28)26-7-8-30-19(26)23-14/h3-5,7-10,12H,1,6,11H2,2H3. The molecule has 1 aromatic carbocycles. The highest BCUT2D eigenvalue weighted by atomic mass is 32.2. The van der Waals surface area contributed by atoms with Crippen molar-refractivity contribution in [3.05, 3.63) is 82.0 Å².